The van der Waals surface area contributed by atoms with Crippen LogP contribution in [0.5, 0.6) is 0 Å². The predicted octanol–water partition coefficient (Wildman–Crippen LogP) is 5.44. The number of rotatable bonds is 3. The fourth-order valence-electron chi connectivity index (χ4n) is 3.20. The maximum atomic E-state index is 12.7. The molecule has 3 heterocycles. The number of hydrogen-bond acceptors (Lipinski definition) is 4. The Balaban J connectivity index is 1.46. The summed E-state index contributed by atoms with van der Waals surface area (Å²) in [6, 6.07) is 9.34. The van der Waals surface area contributed by atoms with E-state index in [-0.39, 0.29) is 0 Å². The quantitative estimate of drug-likeness (QED) is 0.587. The SMILES string of the molecule is FC(F)(F)c1ccc(-c2ccc(CN3CCc4[nH]c(=S)ncc4C3)s2)cc1. The van der Waals surface area contributed by atoms with Crippen LogP contribution in [-0.4, -0.2) is 21.4 Å². The minimum Gasteiger partial charge on any atom is -0.334 e. The molecule has 8 heteroatoms. The molecule has 0 atom stereocenters. The molecule has 1 aliphatic rings. The fourth-order valence-corrected chi connectivity index (χ4v) is 4.43. The molecule has 0 aliphatic carbocycles. The van der Waals surface area contributed by atoms with Gasteiger partial charge in [0, 0.05) is 53.3 Å². The van der Waals surface area contributed by atoms with Crippen molar-refractivity contribution in [1.29, 1.82) is 0 Å². The summed E-state index contributed by atoms with van der Waals surface area (Å²) in [5.74, 6) is 0. The number of benzene rings is 1. The van der Waals surface area contributed by atoms with E-state index in [0.717, 1.165) is 59.9 Å². The highest BCUT2D eigenvalue weighted by Gasteiger charge is 2.30. The van der Waals surface area contributed by atoms with E-state index in [0.29, 0.717) is 4.77 Å². The van der Waals surface area contributed by atoms with E-state index < -0.39 is 11.7 Å². The maximum Gasteiger partial charge on any atom is 0.416 e. The monoisotopic (exact) mass is 407 g/mol. The van der Waals surface area contributed by atoms with Gasteiger partial charge in [0.05, 0.1) is 5.56 Å². The third-order valence-electron chi connectivity index (χ3n) is 4.59. The lowest BCUT2D eigenvalue weighted by atomic mass is 10.1. The van der Waals surface area contributed by atoms with E-state index in [2.05, 4.69) is 14.9 Å². The van der Waals surface area contributed by atoms with Gasteiger partial charge in [-0.1, -0.05) is 12.1 Å². The van der Waals surface area contributed by atoms with Crippen molar-refractivity contribution >= 4 is 23.6 Å². The highest BCUT2D eigenvalue weighted by molar-refractivity contribution is 7.71. The van der Waals surface area contributed by atoms with Crippen molar-refractivity contribution in [3.8, 4) is 10.4 Å². The third kappa shape index (κ3) is 4.12. The molecule has 0 radical (unpaired) electrons. The lowest BCUT2D eigenvalue weighted by molar-refractivity contribution is -0.137. The number of fused-ring (bicyclic) bond motifs is 1. The van der Waals surface area contributed by atoms with Crippen LogP contribution in [0.2, 0.25) is 0 Å². The molecule has 0 saturated carbocycles. The van der Waals surface area contributed by atoms with Gasteiger partial charge in [-0.25, -0.2) is 4.98 Å². The van der Waals surface area contributed by atoms with Gasteiger partial charge in [-0.15, -0.1) is 11.3 Å². The van der Waals surface area contributed by atoms with Crippen molar-refractivity contribution in [1.82, 2.24) is 14.9 Å². The minimum atomic E-state index is -4.30. The average Bonchev–Trinajstić information content (AvgIpc) is 3.10. The summed E-state index contributed by atoms with van der Waals surface area (Å²) in [5, 5.41) is 0. The number of thiophene rings is 1. The van der Waals surface area contributed by atoms with E-state index in [4.69, 9.17) is 12.2 Å². The van der Waals surface area contributed by atoms with Crippen LogP contribution in [0.15, 0.2) is 42.6 Å². The Bertz CT molecular complexity index is 1010. The Hall–Kier alpha value is -2.03. The molecular formula is C19H16F3N3S2. The van der Waals surface area contributed by atoms with Gasteiger partial charge in [0.1, 0.15) is 0 Å². The number of nitrogens with zero attached hydrogens (tertiary/aromatic N) is 2. The second-order valence-electron chi connectivity index (χ2n) is 6.49. The van der Waals surface area contributed by atoms with E-state index in [1.807, 2.05) is 18.3 Å². The molecule has 3 aromatic rings. The van der Waals surface area contributed by atoms with Crippen LogP contribution in [0.1, 0.15) is 21.7 Å². The fraction of sp³-hybridized carbons (Fsp3) is 0.263. The first-order valence-electron chi connectivity index (χ1n) is 8.44. The Morgan fingerprint density at radius 3 is 2.67 bits per heavy atom. The van der Waals surface area contributed by atoms with Gasteiger partial charge in [0.25, 0.3) is 0 Å². The number of H-pyrrole nitrogens is 1. The third-order valence-corrected chi connectivity index (χ3v) is 5.92. The van der Waals surface area contributed by atoms with Crippen LogP contribution in [0.4, 0.5) is 13.2 Å². The van der Waals surface area contributed by atoms with Crippen LogP contribution >= 0.6 is 23.6 Å². The molecule has 1 N–H and O–H groups in total. The molecule has 0 unspecified atom stereocenters. The van der Waals surface area contributed by atoms with Gasteiger partial charge < -0.3 is 4.98 Å². The zero-order valence-electron chi connectivity index (χ0n) is 14.2. The van der Waals surface area contributed by atoms with E-state index in [1.54, 1.807) is 11.3 Å². The average molecular weight is 407 g/mol. The number of hydrogen-bond donors (Lipinski definition) is 1. The largest absolute Gasteiger partial charge is 0.416 e. The Morgan fingerprint density at radius 1 is 1.15 bits per heavy atom. The summed E-state index contributed by atoms with van der Waals surface area (Å²) < 4.78 is 38.6. The Kier molecular flexibility index (Phi) is 4.88. The standard InChI is InChI=1S/C19H16F3N3S2/c20-19(21,22)14-3-1-12(2-4-14)17-6-5-15(27-17)11-25-8-7-16-13(10-25)9-23-18(26)24-16/h1-6,9H,7-8,10-11H2,(H,23,24,26). The number of aromatic amines is 1. The predicted molar refractivity (Wildman–Crippen MR) is 102 cm³/mol. The van der Waals surface area contributed by atoms with Crippen LogP contribution < -0.4 is 0 Å². The first-order chi connectivity index (χ1) is 12.9. The summed E-state index contributed by atoms with van der Waals surface area (Å²) in [5.41, 5.74) is 2.50. The van der Waals surface area contributed by atoms with Crippen molar-refractivity contribution in [2.75, 3.05) is 6.54 Å². The molecule has 140 valence electrons. The highest BCUT2D eigenvalue weighted by atomic mass is 32.1. The molecule has 2 aromatic heterocycles. The second kappa shape index (κ2) is 7.18. The molecule has 0 saturated heterocycles. The van der Waals surface area contributed by atoms with Crippen molar-refractivity contribution < 1.29 is 13.2 Å². The smallest absolute Gasteiger partial charge is 0.334 e. The zero-order valence-corrected chi connectivity index (χ0v) is 15.8. The zero-order chi connectivity index (χ0) is 19.0. The summed E-state index contributed by atoms with van der Waals surface area (Å²) >= 11 is 6.68. The number of halogens is 3. The first kappa shape index (κ1) is 18.3. The highest BCUT2D eigenvalue weighted by Crippen LogP contribution is 2.33. The van der Waals surface area contributed by atoms with Crippen LogP contribution in [0.3, 0.4) is 0 Å². The second-order valence-corrected chi connectivity index (χ2v) is 8.05. The number of alkyl halides is 3. The summed E-state index contributed by atoms with van der Waals surface area (Å²) in [6.07, 6.45) is -1.57. The van der Waals surface area contributed by atoms with Gasteiger partial charge in [-0.3, -0.25) is 4.90 Å². The Morgan fingerprint density at radius 2 is 1.93 bits per heavy atom. The molecule has 0 spiro atoms. The van der Waals surface area contributed by atoms with Crippen LogP contribution in [0, 0.1) is 4.77 Å². The molecular weight excluding hydrogens is 391 g/mol. The molecule has 4 rings (SSSR count). The molecule has 1 aromatic carbocycles. The van der Waals surface area contributed by atoms with Crippen molar-refractivity contribution in [2.45, 2.75) is 25.7 Å². The molecule has 3 nitrogen and oxygen atoms in total. The van der Waals surface area contributed by atoms with Crippen molar-refractivity contribution in [2.24, 2.45) is 0 Å². The van der Waals surface area contributed by atoms with E-state index >= 15 is 0 Å². The van der Waals surface area contributed by atoms with E-state index in [1.165, 1.54) is 17.0 Å². The normalized spacial score (nSPS) is 14.9. The van der Waals surface area contributed by atoms with Crippen LogP contribution in [0.25, 0.3) is 10.4 Å². The molecule has 0 amide bonds. The summed E-state index contributed by atoms with van der Waals surface area (Å²) in [6.45, 7) is 2.54. The number of nitrogens with one attached hydrogen (secondary N) is 1. The van der Waals surface area contributed by atoms with Crippen molar-refractivity contribution in [3.63, 3.8) is 0 Å². The summed E-state index contributed by atoms with van der Waals surface area (Å²) in [4.78, 5) is 11.8. The van der Waals surface area contributed by atoms with Gasteiger partial charge in [0.2, 0.25) is 0 Å². The minimum absolute atomic E-state index is 0.515. The first-order valence-corrected chi connectivity index (χ1v) is 9.67. The van der Waals surface area contributed by atoms with E-state index in [9.17, 15) is 13.2 Å². The Labute approximate surface area is 163 Å². The summed E-state index contributed by atoms with van der Waals surface area (Å²) in [7, 11) is 0. The van der Waals surface area contributed by atoms with Crippen molar-refractivity contribution in [3.05, 3.63) is 69.1 Å². The molecule has 27 heavy (non-hydrogen) atoms. The lowest BCUT2D eigenvalue weighted by Gasteiger charge is -2.27. The van der Waals surface area contributed by atoms with Gasteiger partial charge in [0.15, 0.2) is 4.77 Å². The molecule has 1 aliphatic heterocycles. The lowest BCUT2D eigenvalue weighted by Crippen LogP contribution is -2.30. The van der Waals surface area contributed by atoms with Gasteiger partial charge in [-0.05, 0) is 42.0 Å². The molecule has 0 fully saturated rings. The molecule has 0 bridgehead atoms. The maximum absolute atomic E-state index is 12.7. The van der Waals surface area contributed by atoms with Gasteiger partial charge >= 0.3 is 6.18 Å². The van der Waals surface area contributed by atoms with Gasteiger partial charge in [-0.2, -0.15) is 13.2 Å². The number of aromatic nitrogens is 2. The topological polar surface area (TPSA) is 31.9 Å². The van der Waals surface area contributed by atoms with Crippen LogP contribution in [-0.2, 0) is 25.7 Å².